The number of nitrogens with one attached hydrogen (secondary N) is 1. The van der Waals surface area contributed by atoms with Crippen LogP contribution in [0.5, 0.6) is 0 Å². The number of aromatic nitrogens is 3. The van der Waals surface area contributed by atoms with Gasteiger partial charge < -0.3 is 10.1 Å². The third-order valence-corrected chi connectivity index (χ3v) is 3.61. The first-order chi connectivity index (χ1) is 10.3. The molecule has 110 valence electrons. The molecule has 0 spiro atoms. The number of rotatable bonds is 3. The van der Waals surface area contributed by atoms with Crippen LogP contribution in [0.25, 0.3) is 5.69 Å². The van der Waals surface area contributed by atoms with E-state index in [1.165, 1.54) is 0 Å². The molecule has 1 unspecified atom stereocenters. The lowest BCUT2D eigenvalue weighted by molar-refractivity contribution is 0.0621. The Morgan fingerprint density at radius 2 is 2.19 bits per heavy atom. The van der Waals surface area contributed by atoms with Crippen LogP contribution >= 0.6 is 0 Å². The maximum absolute atomic E-state index is 12.3. The topological polar surface area (TPSA) is 69.0 Å². The molecule has 1 aliphatic rings. The van der Waals surface area contributed by atoms with E-state index in [1.54, 1.807) is 4.68 Å². The summed E-state index contributed by atoms with van der Waals surface area (Å²) in [6, 6.07) is 9.71. The van der Waals surface area contributed by atoms with Gasteiger partial charge in [-0.2, -0.15) is 0 Å². The van der Waals surface area contributed by atoms with Crippen molar-refractivity contribution >= 4 is 5.91 Å². The summed E-state index contributed by atoms with van der Waals surface area (Å²) in [5.74, 6) is -0.190. The van der Waals surface area contributed by atoms with Gasteiger partial charge >= 0.3 is 0 Å². The lowest BCUT2D eigenvalue weighted by atomic mass is 10.1. The number of para-hydroxylation sites is 1. The maximum atomic E-state index is 12.3. The summed E-state index contributed by atoms with van der Waals surface area (Å²) in [6.45, 7) is 3.19. The highest BCUT2D eigenvalue weighted by atomic mass is 16.5. The second-order valence-electron chi connectivity index (χ2n) is 5.16. The van der Waals surface area contributed by atoms with Crippen LogP contribution in [0.3, 0.4) is 0 Å². The first kappa shape index (κ1) is 13.8. The lowest BCUT2D eigenvalue weighted by Gasteiger charge is -2.22. The van der Waals surface area contributed by atoms with Gasteiger partial charge in [-0.1, -0.05) is 23.4 Å². The molecule has 0 saturated carbocycles. The summed E-state index contributed by atoms with van der Waals surface area (Å²) in [7, 11) is 0. The van der Waals surface area contributed by atoms with Crippen LogP contribution in [0.2, 0.25) is 0 Å². The van der Waals surface area contributed by atoms with Gasteiger partial charge in [-0.05, 0) is 31.9 Å². The number of hydrogen-bond acceptors (Lipinski definition) is 4. The number of nitrogens with zero attached hydrogens (tertiary/aromatic N) is 3. The largest absolute Gasteiger partial charge is 0.379 e. The molecule has 1 aliphatic heterocycles. The minimum absolute atomic E-state index is 0.0625. The van der Waals surface area contributed by atoms with Gasteiger partial charge in [-0.3, -0.25) is 4.79 Å². The Morgan fingerprint density at radius 3 is 2.90 bits per heavy atom. The van der Waals surface area contributed by atoms with Gasteiger partial charge in [-0.25, -0.2) is 4.68 Å². The van der Waals surface area contributed by atoms with Crippen molar-refractivity contribution in [3.05, 3.63) is 41.7 Å². The fourth-order valence-electron chi connectivity index (χ4n) is 2.46. The van der Waals surface area contributed by atoms with Crippen LogP contribution in [-0.2, 0) is 4.74 Å². The van der Waals surface area contributed by atoms with Gasteiger partial charge in [0.25, 0.3) is 5.91 Å². The predicted molar refractivity (Wildman–Crippen MR) is 77.4 cm³/mol. The number of ether oxygens (including phenoxy) is 1. The quantitative estimate of drug-likeness (QED) is 0.928. The van der Waals surface area contributed by atoms with Crippen LogP contribution in [0.1, 0.15) is 29.0 Å². The number of carbonyl (C=O) groups is 1. The molecule has 6 heteroatoms. The molecule has 3 rings (SSSR count). The Hall–Kier alpha value is -2.21. The summed E-state index contributed by atoms with van der Waals surface area (Å²) in [6.07, 6.45) is 1.91. The van der Waals surface area contributed by atoms with Gasteiger partial charge in [0.15, 0.2) is 5.69 Å². The van der Waals surface area contributed by atoms with E-state index in [4.69, 9.17) is 4.74 Å². The molecule has 0 bridgehead atoms. The molecule has 1 aromatic heterocycles. The minimum atomic E-state index is -0.190. The molecule has 1 N–H and O–H groups in total. The van der Waals surface area contributed by atoms with Crippen LogP contribution in [0.4, 0.5) is 0 Å². The van der Waals surface area contributed by atoms with Gasteiger partial charge in [0.2, 0.25) is 0 Å². The second-order valence-corrected chi connectivity index (χ2v) is 5.16. The Kier molecular flexibility index (Phi) is 3.96. The van der Waals surface area contributed by atoms with Crippen molar-refractivity contribution in [2.24, 2.45) is 0 Å². The third kappa shape index (κ3) is 2.95. The van der Waals surface area contributed by atoms with Crippen LogP contribution in [-0.4, -0.2) is 40.2 Å². The maximum Gasteiger partial charge on any atom is 0.274 e. The number of amides is 1. The number of carbonyl (C=O) groups excluding carboxylic acids is 1. The average molecular weight is 286 g/mol. The summed E-state index contributed by atoms with van der Waals surface area (Å²) in [5.41, 5.74) is 1.99. The molecule has 1 atom stereocenters. The molecular formula is C15H18N4O2. The van der Waals surface area contributed by atoms with E-state index < -0.39 is 0 Å². The van der Waals surface area contributed by atoms with Crippen molar-refractivity contribution in [1.82, 2.24) is 20.3 Å². The standard InChI is InChI=1S/C15H18N4O2/c1-11-14(15(20)16-12-6-5-9-21-10-12)17-18-19(11)13-7-3-2-4-8-13/h2-4,7-8,12H,5-6,9-10H2,1H3,(H,16,20). The minimum Gasteiger partial charge on any atom is -0.379 e. The van der Waals surface area contributed by atoms with E-state index >= 15 is 0 Å². The smallest absolute Gasteiger partial charge is 0.274 e. The average Bonchev–Trinajstić information content (AvgIpc) is 2.91. The van der Waals surface area contributed by atoms with Crippen LogP contribution in [0, 0.1) is 6.92 Å². The molecule has 2 aromatic rings. The lowest BCUT2D eigenvalue weighted by Crippen LogP contribution is -2.41. The van der Waals surface area contributed by atoms with Gasteiger partial charge in [0.1, 0.15) is 0 Å². The first-order valence-electron chi connectivity index (χ1n) is 7.12. The Morgan fingerprint density at radius 1 is 1.38 bits per heavy atom. The zero-order valence-corrected chi connectivity index (χ0v) is 12.0. The van der Waals surface area contributed by atoms with E-state index in [1.807, 2.05) is 37.3 Å². The van der Waals surface area contributed by atoms with Gasteiger partial charge in [0.05, 0.1) is 24.0 Å². The summed E-state index contributed by atoms with van der Waals surface area (Å²) in [5, 5.41) is 11.1. The molecule has 0 radical (unpaired) electrons. The van der Waals surface area contributed by atoms with E-state index in [2.05, 4.69) is 15.6 Å². The first-order valence-corrected chi connectivity index (χ1v) is 7.12. The fourth-order valence-corrected chi connectivity index (χ4v) is 2.46. The second kappa shape index (κ2) is 6.05. The SMILES string of the molecule is Cc1c(C(=O)NC2CCCOC2)nnn1-c1ccccc1. The molecule has 1 aromatic carbocycles. The van der Waals surface area contributed by atoms with Crippen molar-refractivity contribution in [2.45, 2.75) is 25.8 Å². The third-order valence-electron chi connectivity index (χ3n) is 3.61. The van der Waals surface area contributed by atoms with E-state index in [0.717, 1.165) is 30.8 Å². The Balaban J connectivity index is 1.77. The molecule has 2 heterocycles. The zero-order chi connectivity index (χ0) is 14.7. The van der Waals surface area contributed by atoms with Crippen molar-refractivity contribution in [2.75, 3.05) is 13.2 Å². The summed E-state index contributed by atoms with van der Waals surface area (Å²) < 4.78 is 7.04. The summed E-state index contributed by atoms with van der Waals surface area (Å²) >= 11 is 0. The number of benzene rings is 1. The molecule has 21 heavy (non-hydrogen) atoms. The molecule has 1 amide bonds. The Bertz CT molecular complexity index is 618. The van der Waals surface area contributed by atoms with Gasteiger partial charge in [-0.15, -0.1) is 5.10 Å². The Labute approximate surface area is 123 Å². The predicted octanol–water partition coefficient (Wildman–Crippen LogP) is 1.48. The highest BCUT2D eigenvalue weighted by Gasteiger charge is 2.21. The highest BCUT2D eigenvalue weighted by molar-refractivity contribution is 5.93. The highest BCUT2D eigenvalue weighted by Crippen LogP contribution is 2.13. The zero-order valence-electron chi connectivity index (χ0n) is 12.0. The molecular weight excluding hydrogens is 268 g/mol. The van der Waals surface area contributed by atoms with Crippen molar-refractivity contribution in [3.63, 3.8) is 0 Å². The van der Waals surface area contributed by atoms with Crippen molar-refractivity contribution < 1.29 is 9.53 Å². The van der Waals surface area contributed by atoms with E-state index in [0.29, 0.717) is 12.3 Å². The molecule has 1 saturated heterocycles. The summed E-state index contributed by atoms with van der Waals surface area (Å²) in [4.78, 5) is 12.3. The van der Waals surface area contributed by atoms with E-state index in [9.17, 15) is 4.79 Å². The fraction of sp³-hybridized carbons (Fsp3) is 0.400. The van der Waals surface area contributed by atoms with Crippen LogP contribution < -0.4 is 5.32 Å². The van der Waals surface area contributed by atoms with Gasteiger partial charge in [0, 0.05) is 6.61 Å². The van der Waals surface area contributed by atoms with Crippen molar-refractivity contribution in [1.29, 1.82) is 0 Å². The van der Waals surface area contributed by atoms with E-state index in [-0.39, 0.29) is 11.9 Å². The normalized spacial score (nSPS) is 18.4. The molecule has 0 aliphatic carbocycles. The van der Waals surface area contributed by atoms with Crippen molar-refractivity contribution in [3.8, 4) is 5.69 Å². The number of hydrogen-bond donors (Lipinski definition) is 1. The monoisotopic (exact) mass is 286 g/mol. The van der Waals surface area contributed by atoms with Crippen LogP contribution in [0.15, 0.2) is 30.3 Å². The molecule has 1 fully saturated rings. The molecule has 6 nitrogen and oxygen atoms in total.